The van der Waals surface area contributed by atoms with E-state index < -0.39 is 49.5 Å². The van der Waals surface area contributed by atoms with Crippen molar-refractivity contribution in [3.63, 3.8) is 0 Å². The first-order chi connectivity index (χ1) is 23.8. The fraction of sp³-hybridized carbons (Fsp3) is 0.825. The molecule has 0 aliphatic carbocycles. The second-order valence-electron chi connectivity index (χ2n) is 13.7. The quantitative estimate of drug-likeness (QED) is 0.0338. The Labute approximate surface area is 298 Å². The minimum absolute atomic E-state index is 0.196. The smallest absolute Gasteiger partial charge is 0.220 e. The van der Waals surface area contributed by atoms with Gasteiger partial charge in [-0.3, -0.25) is 4.79 Å². The highest BCUT2D eigenvalue weighted by Gasteiger charge is 2.44. The SMILES string of the molecule is CCCCCC/C=C\CCCCCCCCCC(=O)NC(COC1OC(CO)C(O)C(O)C1O)C(O)/C=C/CC/C=C/CCCCCCC. The molecule has 286 valence electrons. The van der Waals surface area contributed by atoms with Crippen LogP contribution in [0.15, 0.2) is 36.5 Å². The first kappa shape index (κ1) is 45.4. The van der Waals surface area contributed by atoms with Crippen LogP contribution in [-0.4, -0.2) is 87.5 Å². The van der Waals surface area contributed by atoms with Gasteiger partial charge in [-0.05, 0) is 57.8 Å². The van der Waals surface area contributed by atoms with E-state index in [-0.39, 0.29) is 12.5 Å². The Bertz CT molecular complexity index is 863. The Morgan fingerprint density at radius 2 is 1.16 bits per heavy atom. The zero-order chi connectivity index (χ0) is 36.0. The highest BCUT2D eigenvalue weighted by atomic mass is 16.7. The van der Waals surface area contributed by atoms with Gasteiger partial charge in [0.1, 0.15) is 24.4 Å². The van der Waals surface area contributed by atoms with E-state index in [9.17, 15) is 30.3 Å². The molecule has 0 spiro atoms. The summed E-state index contributed by atoms with van der Waals surface area (Å²) in [6, 6.07) is -0.819. The maximum atomic E-state index is 12.9. The van der Waals surface area contributed by atoms with Gasteiger partial charge in [0.15, 0.2) is 6.29 Å². The molecule has 0 saturated carbocycles. The van der Waals surface area contributed by atoms with Crippen LogP contribution in [-0.2, 0) is 14.3 Å². The van der Waals surface area contributed by atoms with E-state index in [1.807, 2.05) is 6.08 Å². The molecule has 1 aliphatic rings. The lowest BCUT2D eigenvalue weighted by Crippen LogP contribution is -2.60. The first-order valence-electron chi connectivity index (χ1n) is 19.7. The van der Waals surface area contributed by atoms with E-state index in [0.717, 1.165) is 51.4 Å². The maximum absolute atomic E-state index is 12.9. The number of nitrogens with one attached hydrogen (secondary N) is 1. The first-order valence-corrected chi connectivity index (χ1v) is 19.7. The van der Waals surface area contributed by atoms with Crippen molar-refractivity contribution >= 4 is 5.91 Å². The van der Waals surface area contributed by atoms with Crippen molar-refractivity contribution in [2.45, 2.75) is 198 Å². The van der Waals surface area contributed by atoms with E-state index in [1.165, 1.54) is 83.5 Å². The molecule has 0 bridgehead atoms. The molecule has 49 heavy (non-hydrogen) atoms. The van der Waals surface area contributed by atoms with Crippen molar-refractivity contribution < 1.29 is 39.8 Å². The van der Waals surface area contributed by atoms with Crippen LogP contribution in [0.2, 0.25) is 0 Å². The van der Waals surface area contributed by atoms with Crippen LogP contribution in [0.25, 0.3) is 0 Å². The molecule has 1 rings (SSSR count). The van der Waals surface area contributed by atoms with Crippen LogP contribution in [0.4, 0.5) is 0 Å². The number of rotatable bonds is 31. The number of aliphatic hydroxyl groups is 5. The van der Waals surface area contributed by atoms with Crippen molar-refractivity contribution in [3.05, 3.63) is 36.5 Å². The molecule has 1 heterocycles. The lowest BCUT2D eigenvalue weighted by atomic mass is 9.99. The number of allylic oxidation sites excluding steroid dienone is 5. The second kappa shape index (κ2) is 31.2. The summed E-state index contributed by atoms with van der Waals surface area (Å²) < 4.78 is 11.1. The van der Waals surface area contributed by atoms with E-state index >= 15 is 0 Å². The molecule has 9 nitrogen and oxygen atoms in total. The van der Waals surface area contributed by atoms with Crippen LogP contribution < -0.4 is 5.32 Å². The minimum atomic E-state index is -1.57. The molecule has 1 fully saturated rings. The van der Waals surface area contributed by atoms with Gasteiger partial charge in [-0.15, -0.1) is 0 Å². The molecule has 0 aromatic rings. The van der Waals surface area contributed by atoms with Gasteiger partial charge in [0, 0.05) is 6.42 Å². The van der Waals surface area contributed by atoms with Gasteiger partial charge in [0.05, 0.1) is 25.4 Å². The van der Waals surface area contributed by atoms with Crippen LogP contribution in [0.1, 0.15) is 155 Å². The Balaban J connectivity index is 2.46. The Morgan fingerprint density at radius 1 is 0.673 bits per heavy atom. The summed E-state index contributed by atoms with van der Waals surface area (Å²) in [5.74, 6) is -0.196. The fourth-order valence-corrected chi connectivity index (χ4v) is 5.93. The molecule has 9 heteroatoms. The van der Waals surface area contributed by atoms with Gasteiger partial charge in [0.25, 0.3) is 0 Å². The van der Waals surface area contributed by atoms with Crippen LogP contribution in [0, 0.1) is 0 Å². The number of carbonyl (C=O) groups excluding carboxylic acids is 1. The second-order valence-corrected chi connectivity index (χ2v) is 13.7. The molecular weight excluding hydrogens is 622 g/mol. The standard InChI is InChI=1S/C40H73NO8/c1-3-5-7-9-11-13-15-16-17-18-20-22-24-26-28-30-36(44)41-33(32-48-40-39(47)38(46)37(45)35(31-42)49-40)34(43)29-27-25-23-21-19-14-12-10-8-6-4-2/h13,15,19,21,27,29,33-35,37-40,42-43,45-47H,3-12,14,16-18,20,22-26,28,30-32H2,1-2H3,(H,41,44)/b15-13-,21-19+,29-27+. The van der Waals surface area contributed by atoms with Gasteiger partial charge in [-0.1, -0.05) is 127 Å². The third kappa shape index (κ3) is 22.8. The molecule has 0 aromatic heterocycles. The summed E-state index contributed by atoms with van der Waals surface area (Å²) in [5.41, 5.74) is 0. The van der Waals surface area contributed by atoms with Gasteiger partial charge in [-0.2, -0.15) is 0 Å². The lowest BCUT2D eigenvalue weighted by Gasteiger charge is -2.40. The molecule has 1 amide bonds. The number of hydrogen-bond donors (Lipinski definition) is 6. The topological polar surface area (TPSA) is 149 Å². The number of ether oxygens (including phenoxy) is 2. The van der Waals surface area contributed by atoms with Gasteiger partial charge in [0.2, 0.25) is 5.91 Å². The molecule has 1 aliphatic heterocycles. The van der Waals surface area contributed by atoms with Crippen molar-refractivity contribution in [1.82, 2.24) is 5.32 Å². The monoisotopic (exact) mass is 696 g/mol. The highest BCUT2D eigenvalue weighted by Crippen LogP contribution is 2.22. The van der Waals surface area contributed by atoms with Crippen molar-refractivity contribution in [2.24, 2.45) is 0 Å². The molecule has 0 radical (unpaired) electrons. The molecular formula is C40H73NO8. The average Bonchev–Trinajstić information content (AvgIpc) is 3.10. The minimum Gasteiger partial charge on any atom is -0.394 e. The summed E-state index contributed by atoms with van der Waals surface area (Å²) in [6.07, 6.45) is 29.0. The third-order valence-corrected chi connectivity index (χ3v) is 9.19. The highest BCUT2D eigenvalue weighted by molar-refractivity contribution is 5.76. The van der Waals surface area contributed by atoms with E-state index in [1.54, 1.807) is 6.08 Å². The summed E-state index contributed by atoms with van der Waals surface area (Å²) in [6.45, 7) is 3.68. The Kier molecular flexibility index (Phi) is 28.9. The normalized spacial score (nSPS) is 22.8. The average molecular weight is 696 g/mol. The molecule has 7 unspecified atom stereocenters. The predicted molar refractivity (Wildman–Crippen MR) is 198 cm³/mol. The van der Waals surface area contributed by atoms with Crippen LogP contribution in [0.3, 0.4) is 0 Å². The number of carbonyl (C=O) groups is 1. The van der Waals surface area contributed by atoms with Gasteiger partial charge < -0.3 is 40.3 Å². The predicted octanol–water partition coefficient (Wildman–Crippen LogP) is 6.94. The van der Waals surface area contributed by atoms with E-state index in [2.05, 4.69) is 43.5 Å². The molecule has 6 N–H and O–H groups in total. The fourth-order valence-electron chi connectivity index (χ4n) is 5.93. The van der Waals surface area contributed by atoms with Gasteiger partial charge in [-0.25, -0.2) is 0 Å². The van der Waals surface area contributed by atoms with Crippen molar-refractivity contribution in [3.8, 4) is 0 Å². The Morgan fingerprint density at radius 3 is 1.73 bits per heavy atom. The largest absolute Gasteiger partial charge is 0.394 e. The summed E-state index contributed by atoms with van der Waals surface area (Å²) >= 11 is 0. The van der Waals surface area contributed by atoms with E-state index in [4.69, 9.17) is 9.47 Å². The van der Waals surface area contributed by atoms with Crippen LogP contribution >= 0.6 is 0 Å². The molecule has 1 saturated heterocycles. The Hall–Kier alpha value is -1.59. The zero-order valence-electron chi connectivity index (χ0n) is 30.9. The van der Waals surface area contributed by atoms with Crippen molar-refractivity contribution in [1.29, 1.82) is 0 Å². The lowest BCUT2D eigenvalue weighted by molar-refractivity contribution is -0.302. The number of hydrogen-bond acceptors (Lipinski definition) is 8. The van der Waals surface area contributed by atoms with Crippen molar-refractivity contribution in [2.75, 3.05) is 13.2 Å². The summed E-state index contributed by atoms with van der Waals surface area (Å²) in [5, 5.41) is 53.8. The van der Waals surface area contributed by atoms with Crippen LogP contribution in [0.5, 0.6) is 0 Å². The number of aliphatic hydroxyl groups excluding tert-OH is 5. The number of unbranched alkanes of at least 4 members (excludes halogenated alkanes) is 17. The number of amides is 1. The van der Waals surface area contributed by atoms with Gasteiger partial charge >= 0.3 is 0 Å². The summed E-state index contributed by atoms with van der Waals surface area (Å²) in [4.78, 5) is 12.9. The molecule has 0 aromatic carbocycles. The zero-order valence-corrected chi connectivity index (χ0v) is 30.9. The summed E-state index contributed by atoms with van der Waals surface area (Å²) in [7, 11) is 0. The molecule has 7 atom stereocenters. The van der Waals surface area contributed by atoms with E-state index in [0.29, 0.717) is 6.42 Å². The third-order valence-electron chi connectivity index (χ3n) is 9.19. The maximum Gasteiger partial charge on any atom is 0.220 e.